The number of carbonyl (C=O) groups is 1. The van der Waals surface area contributed by atoms with Crippen molar-refractivity contribution in [3.05, 3.63) is 65.7 Å². The second-order valence-corrected chi connectivity index (χ2v) is 7.04. The molecule has 2 aromatic rings. The number of benzene rings is 2. The van der Waals surface area contributed by atoms with Gasteiger partial charge in [-0.15, -0.1) is 0 Å². The average molecular weight is 392 g/mol. The van der Waals surface area contributed by atoms with E-state index in [2.05, 4.69) is 10.2 Å². The van der Waals surface area contributed by atoms with Gasteiger partial charge < -0.3 is 10.1 Å². The minimum absolute atomic E-state index is 0.261. The number of carbonyl (C=O) groups excluding carboxylic acids is 1. The summed E-state index contributed by atoms with van der Waals surface area (Å²) in [5.41, 5.74) is -0.346. The van der Waals surface area contributed by atoms with Crippen LogP contribution in [0.2, 0.25) is 0 Å². The van der Waals surface area contributed by atoms with Crippen molar-refractivity contribution in [2.24, 2.45) is 0 Å². The smallest absolute Gasteiger partial charge is 0.416 e. The molecule has 0 aliphatic carbocycles. The van der Waals surface area contributed by atoms with Crippen molar-refractivity contribution in [1.29, 1.82) is 0 Å². The van der Waals surface area contributed by atoms with Crippen LogP contribution in [0.25, 0.3) is 0 Å². The molecule has 1 N–H and O–H groups in total. The maximum absolute atomic E-state index is 13.0. The standard InChI is InChI=1S/C21H23F3N2O2/c1-28-19(27)20(25-18-9-5-8-17(14-18)21(22,23)24)10-12-26(13-11-20)15-16-6-3-2-4-7-16/h2-9,14,25H,10-13,15H2,1H3. The van der Waals surface area contributed by atoms with Gasteiger partial charge in [-0.05, 0) is 36.6 Å². The van der Waals surface area contributed by atoms with Gasteiger partial charge in [-0.25, -0.2) is 4.79 Å². The zero-order chi connectivity index (χ0) is 20.2. The van der Waals surface area contributed by atoms with E-state index in [1.165, 1.54) is 24.8 Å². The highest BCUT2D eigenvalue weighted by molar-refractivity contribution is 5.84. The molecule has 3 rings (SSSR count). The fourth-order valence-corrected chi connectivity index (χ4v) is 3.56. The van der Waals surface area contributed by atoms with Crippen LogP contribution in [-0.2, 0) is 22.3 Å². The Morgan fingerprint density at radius 3 is 2.39 bits per heavy atom. The van der Waals surface area contributed by atoms with Gasteiger partial charge in [0.2, 0.25) is 0 Å². The fraction of sp³-hybridized carbons (Fsp3) is 0.381. The molecule has 4 nitrogen and oxygen atoms in total. The first kappa shape index (κ1) is 20.2. The lowest BCUT2D eigenvalue weighted by Crippen LogP contribution is -2.54. The Kier molecular flexibility index (Phi) is 5.93. The summed E-state index contributed by atoms with van der Waals surface area (Å²) in [6.07, 6.45) is -3.54. The number of anilines is 1. The number of alkyl halides is 3. The van der Waals surface area contributed by atoms with E-state index in [1.54, 1.807) is 0 Å². The molecule has 0 radical (unpaired) electrons. The van der Waals surface area contributed by atoms with Gasteiger partial charge >= 0.3 is 12.1 Å². The summed E-state index contributed by atoms with van der Waals surface area (Å²) >= 11 is 0. The minimum atomic E-state index is -4.44. The van der Waals surface area contributed by atoms with Gasteiger partial charge in [-0.1, -0.05) is 36.4 Å². The van der Waals surface area contributed by atoms with Gasteiger partial charge in [0.05, 0.1) is 12.7 Å². The van der Waals surface area contributed by atoms with Crippen LogP contribution in [0.3, 0.4) is 0 Å². The topological polar surface area (TPSA) is 41.6 Å². The summed E-state index contributed by atoms with van der Waals surface area (Å²) in [4.78, 5) is 14.7. The Bertz CT molecular complexity index is 801. The second-order valence-electron chi connectivity index (χ2n) is 7.04. The summed E-state index contributed by atoms with van der Waals surface area (Å²) in [6.45, 7) is 2.04. The molecule has 0 saturated carbocycles. The van der Waals surface area contributed by atoms with E-state index in [0.717, 1.165) is 18.7 Å². The molecule has 1 fully saturated rings. The molecule has 0 aromatic heterocycles. The first-order valence-corrected chi connectivity index (χ1v) is 9.12. The lowest BCUT2D eigenvalue weighted by atomic mass is 9.86. The number of piperidine rings is 1. The van der Waals surface area contributed by atoms with E-state index >= 15 is 0 Å². The molecule has 1 aliphatic heterocycles. The zero-order valence-corrected chi connectivity index (χ0v) is 15.6. The van der Waals surface area contributed by atoms with Gasteiger partial charge in [0.15, 0.2) is 0 Å². The molecule has 7 heteroatoms. The van der Waals surface area contributed by atoms with Crippen molar-refractivity contribution >= 4 is 11.7 Å². The third kappa shape index (κ3) is 4.65. The van der Waals surface area contributed by atoms with Crippen molar-refractivity contribution in [1.82, 2.24) is 4.90 Å². The molecule has 28 heavy (non-hydrogen) atoms. The molecule has 1 aliphatic rings. The van der Waals surface area contributed by atoms with Crippen molar-refractivity contribution in [2.45, 2.75) is 31.1 Å². The van der Waals surface area contributed by atoms with Crippen molar-refractivity contribution in [2.75, 3.05) is 25.5 Å². The molecule has 0 amide bonds. The molecule has 1 heterocycles. The Hall–Kier alpha value is -2.54. The molecule has 0 unspecified atom stereocenters. The van der Waals surface area contributed by atoms with Gasteiger partial charge in [0, 0.05) is 25.3 Å². The van der Waals surface area contributed by atoms with E-state index < -0.39 is 23.2 Å². The van der Waals surface area contributed by atoms with Gasteiger partial charge in [0.25, 0.3) is 0 Å². The molecular weight excluding hydrogens is 369 g/mol. The molecular formula is C21H23F3N2O2. The highest BCUT2D eigenvalue weighted by atomic mass is 19.4. The SMILES string of the molecule is COC(=O)C1(Nc2cccc(C(F)(F)F)c2)CCN(Cc2ccccc2)CC1. The van der Waals surface area contributed by atoms with Crippen LogP contribution in [-0.4, -0.2) is 36.6 Å². The number of nitrogens with one attached hydrogen (secondary N) is 1. The number of hydrogen-bond donors (Lipinski definition) is 1. The largest absolute Gasteiger partial charge is 0.467 e. The molecule has 2 aromatic carbocycles. The fourth-order valence-electron chi connectivity index (χ4n) is 3.56. The lowest BCUT2D eigenvalue weighted by Gasteiger charge is -2.40. The van der Waals surface area contributed by atoms with Crippen molar-refractivity contribution < 1.29 is 22.7 Å². The minimum Gasteiger partial charge on any atom is -0.467 e. The number of esters is 1. The maximum atomic E-state index is 13.0. The van der Waals surface area contributed by atoms with Crippen LogP contribution in [0.15, 0.2) is 54.6 Å². The maximum Gasteiger partial charge on any atom is 0.416 e. The Balaban J connectivity index is 1.73. The summed E-state index contributed by atoms with van der Waals surface area (Å²) < 4.78 is 44.0. The number of hydrogen-bond acceptors (Lipinski definition) is 4. The third-order valence-electron chi connectivity index (χ3n) is 5.11. The summed E-state index contributed by atoms with van der Waals surface area (Å²) in [5.74, 6) is -0.454. The predicted octanol–water partition coefficient (Wildman–Crippen LogP) is 4.33. The van der Waals surface area contributed by atoms with E-state index in [9.17, 15) is 18.0 Å². The highest BCUT2D eigenvalue weighted by Crippen LogP contribution is 2.33. The first-order valence-electron chi connectivity index (χ1n) is 9.12. The van der Waals surface area contributed by atoms with Gasteiger partial charge in [0.1, 0.15) is 5.54 Å². The monoisotopic (exact) mass is 392 g/mol. The van der Waals surface area contributed by atoms with Gasteiger partial charge in [-0.3, -0.25) is 4.90 Å². The van der Waals surface area contributed by atoms with Crippen LogP contribution in [0, 0.1) is 0 Å². The molecule has 1 saturated heterocycles. The van der Waals surface area contributed by atoms with Crippen LogP contribution >= 0.6 is 0 Å². The molecule has 0 spiro atoms. The number of nitrogens with zero attached hydrogens (tertiary/aromatic N) is 1. The highest BCUT2D eigenvalue weighted by Gasteiger charge is 2.43. The van der Waals surface area contributed by atoms with Crippen molar-refractivity contribution in [3.8, 4) is 0 Å². The number of methoxy groups -OCH3 is 1. The van der Waals surface area contributed by atoms with Crippen LogP contribution in [0.4, 0.5) is 18.9 Å². The Morgan fingerprint density at radius 2 is 1.79 bits per heavy atom. The van der Waals surface area contributed by atoms with Crippen LogP contribution in [0.1, 0.15) is 24.0 Å². The summed E-state index contributed by atoms with van der Waals surface area (Å²) in [5, 5.41) is 3.04. The summed E-state index contributed by atoms with van der Waals surface area (Å²) in [6, 6.07) is 14.9. The van der Waals surface area contributed by atoms with Crippen LogP contribution in [0.5, 0.6) is 0 Å². The molecule has 0 bridgehead atoms. The molecule has 150 valence electrons. The second kappa shape index (κ2) is 8.22. The van der Waals surface area contributed by atoms with E-state index in [0.29, 0.717) is 25.9 Å². The van der Waals surface area contributed by atoms with Crippen molar-refractivity contribution in [3.63, 3.8) is 0 Å². The van der Waals surface area contributed by atoms with Crippen LogP contribution < -0.4 is 5.32 Å². The average Bonchev–Trinajstić information content (AvgIpc) is 2.69. The molecule has 0 atom stereocenters. The number of halogens is 3. The van der Waals surface area contributed by atoms with E-state index in [-0.39, 0.29) is 5.69 Å². The quantitative estimate of drug-likeness (QED) is 0.770. The number of rotatable bonds is 5. The van der Waals surface area contributed by atoms with E-state index in [1.807, 2.05) is 30.3 Å². The first-order chi connectivity index (χ1) is 13.3. The number of likely N-dealkylation sites (tertiary alicyclic amines) is 1. The lowest BCUT2D eigenvalue weighted by molar-refractivity contribution is -0.147. The van der Waals surface area contributed by atoms with E-state index in [4.69, 9.17) is 4.74 Å². The zero-order valence-electron chi connectivity index (χ0n) is 15.6. The normalized spacial score (nSPS) is 17.1. The Morgan fingerprint density at radius 1 is 1.11 bits per heavy atom. The summed E-state index contributed by atoms with van der Waals surface area (Å²) in [7, 11) is 1.30. The Labute approximate surface area is 162 Å². The predicted molar refractivity (Wildman–Crippen MR) is 101 cm³/mol. The van der Waals surface area contributed by atoms with Gasteiger partial charge in [-0.2, -0.15) is 13.2 Å². The number of ether oxygens (including phenoxy) is 1. The third-order valence-corrected chi connectivity index (χ3v) is 5.11.